The van der Waals surface area contributed by atoms with Crippen LogP contribution in [0.3, 0.4) is 0 Å². The molecule has 3 aromatic carbocycles. The molecule has 1 N–H and O–H groups in total. The van der Waals surface area contributed by atoms with Crippen LogP contribution in [0.5, 0.6) is 0 Å². The molecule has 0 aromatic heterocycles. The second-order valence-corrected chi connectivity index (χ2v) is 7.73. The molecule has 0 aliphatic heterocycles. The summed E-state index contributed by atoms with van der Waals surface area (Å²) in [4.78, 5) is 0.762. The molecular weight excluding hydrogens is 489 g/mol. The number of benzene rings is 3. The van der Waals surface area contributed by atoms with Gasteiger partial charge in [0.25, 0.3) is 0 Å². The van der Waals surface area contributed by atoms with Gasteiger partial charge in [0, 0.05) is 12.2 Å². The van der Waals surface area contributed by atoms with Gasteiger partial charge in [0.2, 0.25) is 0 Å². The summed E-state index contributed by atoms with van der Waals surface area (Å²) in [7, 11) is 0. The van der Waals surface area contributed by atoms with Crippen LogP contribution in [0, 0.1) is 0 Å². The van der Waals surface area contributed by atoms with E-state index in [2.05, 4.69) is 0 Å². The minimum absolute atomic E-state index is 0.102. The third kappa shape index (κ3) is 6.68. The lowest BCUT2D eigenvalue weighted by molar-refractivity contribution is -0.200. The molecule has 35 heavy (non-hydrogen) atoms. The normalized spacial score (nSPS) is 13.5. The summed E-state index contributed by atoms with van der Waals surface area (Å²) in [5.74, 6) is 0. The van der Waals surface area contributed by atoms with Gasteiger partial charge in [-0.3, -0.25) is 0 Å². The average Bonchev–Trinajstić information content (AvgIpc) is 2.77. The van der Waals surface area contributed by atoms with Gasteiger partial charge in [-0.2, -0.15) is 39.5 Å². The molecule has 1 unspecified atom stereocenters. The van der Waals surface area contributed by atoms with E-state index in [0.29, 0.717) is 12.1 Å². The first-order valence-corrected chi connectivity index (χ1v) is 10.1. The number of alkyl halides is 9. The molecule has 3 rings (SSSR count). The summed E-state index contributed by atoms with van der Waals surface area (Å²) in [6.45, 7) is -1.80. The zero-order valence-corrected chi connectivity index (χ0v) is 17.7. The van der Waals surface area contributed by atoms with Gasteiger partial charge in [0.05, 0.1) is 17.7 Å². The van der Waals surface area contributed by atoms with Crippen molar-refractivity contribution in [2.45, 2.75) is 31.2 Å². The van der Waals surface area contributed by atoms with Crippen molar-refractivity contribution in [3.05, 3.63) is 89.5 Å². The fourth-order valence-corrected chi connectivity index (χ4v) is 3.47. The Kier molecular flexibility index (Phi) is 7.39. The van der Waals surface area contributed by atoms with Gasteiger partial charge in [0.1, 0.15) is 0 Å². The molecule has 0 aliphatic carbocycles. The quantitative estimate of drug-likeness (QED) is 0.354. The first kappa shape index (κ1) is 26.4. The molecular formula is C24H18F9NO. The number of halogens is 9. The number of nitrogens with zero attached hydrogens (tertiary/aromatic N) is 1. The topological polar surface area (TPSA) is 23.5 Å². The maximum atomic E-state index is 13.9. The second-order valence-electron chi connectivity index (χ2n) is 7.73. The molecule has 11 heteroatoms. The van der Waals surface area contributed by atoms with Crippen molar-refractivity contribution in [3.8, 4) is 11.1 Å². The Morgan fingerprint density at radius 3 is 1.94 bits per heavy atom. The van der Waals surface area contributed by atoms with Crippen molar-refractivity contribution < 1.29 is 44.6 Å². The lowest BCUT2D eigenvalue weighted by atomic mass is 9.98. The molecule has 0 heterocycles. The van der Waals surface area contributed by atoms with Crippen LogP contribution in [0.1, 0.15) is 16.7 Å². The Labute approximate surface area is 194 Å². The summed E-state index contributed by atoms with van der Waals surface area (Å²) in [5.41, 5.74) is -2.67. The Morgan fingerprint density at radius 1 is 0.714 bits per heavy atom. The summed E-state index contributed by atoms with van der Waals surface area (Å²) >= 11 is 0. The van der Waals surface area contributed by atoms with Crippen LogP contribution in [0.2, 0.25) is 0 Å². The van der Waals surface area contributed by atoms with Crippen molar-refractivity contribution in [3.63, 3.8) is 0 Å². The third-order valence-corrected chi connectivity index (χ3v) is 5.16. The van der Waals surface area contributed by atoms with Crippen LogP contribution >= 0.6 is 0 Å². The number of aliphatic hydroxyl groups is 1. The highest BCUT2D eigenvalue weighted by Gasteiger charge is 2.40. The van der Waals surface area contributed by atoms with E-state index in [1.807, 2.05) is 0 Å². The van der Waals surface area contributed by atoms with E-state index in [0.717, 1.165) is 29.2 Å². The van der Waals surface area contributed by atoms with Crippen molar-refractivity contribution in [2.24, 2.45) is 0 Å². The second kappa shape index (κ2) is 9.80. The van der Waals surface area contributed by atoms with E-state index in [4.69, 9.17) is 0 Å². The van der Waals surface area contributed by atoms with Crippen molar-refractivity contribution in [1.82, 2.24) is 0 Å². The van der Waals surface area contributed by atoms with E-state index in [-0.39, 0.29) is 22.4 Å². The Hall–Kier alpha value is -3.21. The Balaban J connectivity index is 2.08. The van der Waals surface area contributed by atoms with E-state index >= 15 is 0 Å². The van der Waals surface area contributed by atoms with Crippen LogP contribution in [-0.2, 0) is 18.9 Å². The molecule has 0 spiro atoms. The molecule has 1 atom stereocenters. The van der Waals surface area contributed by atoms with E-state index < -0.39 is 48.8 Å². The van der Waals surface area contributed by atoms with Crippen LogP contribution < -0.4 is 4.90 Å². The molecule has 3 aromatic rings. The van der Waals surface area contributed by atoms with Gasteiger partial charge in [-0.05, 0) is 41.0 Å². The number of anilines is 1. The molecule has 0 aliphatic rings. The first-order chi connectivity index (χ1) is 16.2. The third-order valence-electron chi connectivity index (χ3n) is 5.16. The summed E-state index contributed by atoms with van der Waals surface area (Å²) in [6.07, 6.45) is -17.7. The average molecular weight is 507 g/mol. The summed E-state index contributed by atoms with van der Waals surface area (Å²) in [5, 5.41) is 9.57. The molecule has 2 nitrogen and oxygen atoms in total. The fourth-order valence-electron chi connectivity index (χ4n) is 3.47. The maximum absolute atomic E-state index is 13.9. The SMILES string of the molecule is OC(CN(Cc1cccc(C(F)(F)F)c1)c1ccc(-c2ccccc2)c(C(F)(F)F)c1)C(F)(F)F. The fraction of sp³-hybridized carbons (Fsp3) is 0.250. The Morgan fingerprint density at radius 2 is 1.37 bits per heavy atom. The minimum Gasteiger partial charge on any atom is -0.382 e. The zero-order valence-electron chi connectivity index (χ0n) is 17.7. The number of aliphatic hydroxyl groups excluding tert-OH is 1. The number of rotatable bonds is 6. The molecule has 0 radical (unpaired) electrons. The van der Waals surface area contributed by atoms with Gasteiger partial charge < -0.3 is 10.0 Å². The standard InChI is InChI=1S/C24H18F9NO/c25-22(26,27)17-8-4-5-15(11-17)13-34(14-21(35)24(31,32)33)18-9-10-19(16-6-2-1-3-7-16)20(12-18)23(28,29)30/h1-12,21,35H,13-14H2. The molecule has 0 saturated carbocycles. The molecule has 188 valence electrons. The summed E-state index contributed by atoms with van der Waals surface area (Å²) < 4.78 is 120. The number of hydrogen-bond donors (Lipinski definition) is 1. The smallest absolute Gasteiger partial charge is 0.382 e. The first-order valence-electron chi connectivity index (χ1n) is 10.1. The monoisotopic (exact) mass is 507 g/mol. The predicted molar refractivity (Wildman–Crippen MR) is 111 cm³/mol. The lowest BCUT2D eigenvalue weighted by Gasteiger charge is -2.29. The highest BCUT2D eigenvalue weighted by atomic mass is 19.4. The van der Waals surface area contributed by atoms with Crippen molar-refractivity contribution in [2.75, 3.05) is 11.4 Å². The van der Waals surface area contributed by atoms with Crippen LogP contribution in [-0.4, -0.2) is 23.9 Å². The molecule has 0 fully saturated rings. The van der Waals surface area contributed by atoms with Crippen molar-refractivity contribution >= 4 is 5.69 Å². The van der Waals surface area contributed by atoms with E-state index in [1.165, 1.54) is 30.3 Å². The molecule has 0 bridgehead atoms. The highest BCUT2D eigenvalue weighted by molar-refractivity contribution is 5.71. The van der Waals surface area contributed by atoms with Gasteiger partial charge >= 0.3 is 18.5 Å². The minimum atomic E-state index is -5.09. The lowest BCUT2D eigenvalue weighted by Crippen LogP contribution is -2.41. The van der Waals surface area contributed by atoms with Gasteiger partial charge in [-0.1, -0.05) is 48.5 Å². The van der Waals surface area contributed by atoms with Gasteiger partial charge in [-0.25, -0.2) is 0 Å². The predicted octanol–water partition coefficient (Wildman–Crippen LogP) is 7.32. The maximum Gasteiger partial charge on any atom is 0.417 e. The molecule has 0 saturated heterocycles. The van der Waals surface area contributed by atoms with E-state index in [9.17, 15) is 44.6 Å². The zero-order chi connectivity index (χ0) is 26.0. The summed E-state index contributed by atoms with van der Waals surface area (Å²) in [6, 6.07) is 14.0. The van der Waals surface area contributed by atoms with Crippen LogP contribution in [0.25, 0.3) is 11.1 Å². The number of hydrogen-bond acceptors (Lipinski definition) is 2. The highest BCUT2D eigenvalue weighted by Crippen LogP contribution is 2.40. The van der Waals surface area contributed by atoms with Crippen LogP contribution in [0.4, 0.5) is 45.2 Å². The Bertz CT molecular complexity index is 1140. The van der Waals surface area contributed by atoms with Gasteiger partial charge in [0.15, 0.2) is 6.10 Å². The van der Waals surface area contributed by atoms with Crippen molar-refractivity contribution in [1.29, 1.82) is 0 Å². The van der Waals surface area contributed by atoms with E-state index in [1.54, 1.807) is 6.07 Å². The van der Waals surface area contributed by atoms with Crippen LogP contribution in [0.15, 0.2) is 72.8 Å². The van der Waals surface area contributed by atoms with Gasteiger partial charge in [-0.15, -0.1) is 0 Å². The largest absolute Gasteiger partial charge is 0.417 e. The molecule has 0 amide bonds.